The summed E-state index contributed by atoms with van der Waals surface area (Å²) in [7, 11) is 1.50. The van der Waals surface area contributed by atoms with Crippen LogP contribution in [0.4, 0.5) is 11.4 Å². The van der Waals surface area contributed by atoms with Gasteiger partial charge in [0, 0.05) is 19.2 Å². The van der Waals surface area contributed by atoms with Gasteiger partial charge in [-0.3, -0.25) is 14.9 Å². The Kier molecular flexibility index (Phi) is 5.15. The van der Waals surface area contributed by atoms with Crippen molar-refractivity contribution in [2.45, 2.75) is 6.92 Å². The summed E-state index contributed by atoms with van der Waals surface area (Å²) in [5.41, 5.74) is 7.45. The molecule has 1 amide bonds. The summed E-state index contributed by atoms with van der Waals surface area (Å²) in [6.07, 6.45) is 0. The van der Waals surface area contributed by atoms with Crippen LogP contribution in [0.5, 0.6) is 0 Å². The molecule has 124 valence electrons. The summed E-state index contributed by atoms with van der Waals surface area (Å²) in [5, 5.41) is 16.3. The number of hydrogen-bond donors (Lipinski definition) is 1. The van der Waals surface area contributed by atoms with Crippen LogP contribution >= 0.6 is 11.6 Å². The molecule has 7 nitrogen and oxygen atoms in total. The number of carbonyl (C=O) groups is 1. The lowest BCUT2D eigenvalue weighted by molar-refractivity contribution is -0.384. The van der Waals surface area contributed by atoms with Crippen LogP contribution in [0.25, 0.3) is 0 Å². The topological polar surface area (TPSA) is 102 Å². The van der Waals surface area contributed by atoms with E-state index in [2.05, 4.69) is 5.10 Å². The zero-order valence-corrected chi connectivity index (χ0v) is 13.8. The number of amides is 1. The number of nitro groups is 1. The fraction of sp³-hybridized carbons (Fsp3) is 0.125. The van der Waals surface area contributed by atoms with Crippen LogP contribution in [-0.2, 0) is 0 Å². The van der Waals surface area contributed by atoms with Crippen LogP contribution in [0.1, 0.15) is 22.8 Å². The van der Waals surface area contributed by atoms with Gasteiger partial charge in [-0.25, -0.2) is 5.01 Å². The maximum absolute atomic E-state index is 12.4. The summed E-state index contributed by atoms with van der Waals surface area (Å²) in [6.45, 7) is 1.70. The second-order valence-corrected chi connectivity index (χ2v) is 5.43. The summed E-state index contributed by atoms with van der Waals surface area (Å²) in [5.74, 6) is -0.406. The van der Waals surface area contributed by atoms with Gasteiger partial charge in [0.15, 0.2) is 0 Å². The molecule has 2 aromatic carbocycles. The molecule has 0 aliphatic heterocycles. The Morgan fingerprint density at radius 2 is 1.88 bits per heavy atom. The van der Waals surface area contributed by atoms with Gasteiger partial charge in [-0.2, -0.15) is 5.10 Å². The Bertz CT molecular complexity index is 819. The van der Waals surface area contributed by atoms with E-state index in [1.165, 1.54) is 19.2 Å². The molecule has 0 aliphatic rings. The first-order chi connectivity index (χ1) is 11.3. The van der Waals surface area contributed by atoms with Gasteiger partial charge in [0.2, 0.25) is 0 Å². The number of anilines is 1. The highest BCUT2D eigenvalue weighted by molar-refractivity contribution is 6.33. The van der Waals surface area contributed by atoms with Crippen molar-refractivity contribution in [1.82, 2.24) is 5.01 Å². The van der Waals surface area contributed by atoms with Crippen molar-refractivity contribution >= 4 is 34.6 Å². The lowest BCUT2D eigenvalue weighted by Crippen LogP contribution is -2.23. The Labute approximate surface area is 143 Å². The number of non-ortho nitro benzene ring substituents is 1. The number of nitro benzene ring substituents is 1. The van der Waals surface area contributed by atoms with Crippen molar-refractivity contribution in [2.24, 2.45) is 5.10 Å². The second kappa shape index (κ2) is 7.10. The number of nitrogens with two attached hydrogens (primary N) is 1. The van der Waals surface area contributed by atoms with Gasteiger partial charge >= 0.3 is 0 Å². The molecule has 8 heteroatoms. The molecule has 0 unspecified atom stereocenters. The summed E-state index contributed by atoms with van der Waals surface area (Å²) < 4.78 is 0. The molecule has 0 bridgehead atoms. The Balaban J connectivity index is 2.24. The zero-order valence-electron chi connectivity index (χ0n) is 13.1. The molecule has 0 saturated carbocycles. The number of rotatable bonds is 4. The lowest BCUT2D eigenvalue weighted by Gasteiger charge is -2.14. The van der Waals surface area contributed by atoms with Crippen molar-refractivity contribution in [3.05, 3.63) is 68.7 Å². The van der Waals surface area contributed by atoms with Crippen LogP contribution < -0.4 is 5.73 Å². The first-order valence-corrected chi connectivity index (χ1v) is 7.31. The van der Waals surface area contributed by atoms with E-state index in [0.29, 0.717) is 16.3 Å². The molecule has 0 aromatic heterocycles. The summed E-state index contributed by atoms with van der Waals surface area (Å²) >= 11 is 5.92. The summed E-state index contributed by atoms with van der Waals surface area (Å²) in [4.78, 5) is 22.6. The first kappa shape index (κ1) is 17.4. The van der Waals surface area contributed by atoms with E-state index in [0.717, 1.165) is 5.01 Å². The number of benzene rings is 2. The molecule has 0 aliphatic carbocycles. The number of nitrogens with zero attached hydrogens (tertiary/aromatic N) is 3. The minimum atomic E-state index is -0.478. The minimum absolute atomic E-state index is 0.0114. The molecule has 0 spiro atoms. The third-order valence-corrected chi connectivity index (χ3v) is 3.70. The SMILES string of the molecule is C/C(=N/N(C)C(=O)c1cccc(Cl)c1N)c1ccc([N+](=O)[O-])cc1. The third kappa shape index (κ3) is 3.69. The number of halogens is 1. The average molecular weight is 347 g/mol. The quantitative estimate of drug-likeness (QED) is 0.397. The van der Waals surface area contributed by atoms with E-state index in [1.54, 1.807) is 37.3 Å². The molecular weight excluding hydrogens is 332 g/mol. The molecule has 2 N–H and O–H groups in total. The minimum Gasteiger partial charge on any atom is -0.397 e. The number of hydrazone groups is 1. The van der Waals surface area contributed by atoms with Gasteiger partial charge in [-0.05, 0) is 36.8 Å². The maximum Gasteiger partial charge on any atom is 0.275 e. The Morgan fingerprint density at radius 3 is 2.46 bits per heavy atom. The van der Waals surface area contributed by atoms with E-state index in [9.17, 15) is 14.9 Å². The highest BCUT2D eigenvalue weighted by Crippen LogP contribution is 2.23. The molecule has 0 fully saturated rings. The number of hydrogen-bond acceptors (Lipinski definition) is 5. The van der Waals surface area contributed by atoms with Gasteiger partial charge in [-0.15, -0.1) is 0 Å². The summed E-state index contributed by atoms with van der Waals surface area (Å²) in [6, 6.07) is 10.7. The first-order valence-electron chi connectivity index (χ1n) is 6.93. The van der Waals surface area contributed by atoms with Gasteiger partial charge < -0.3 is 5.73 Å². The molecule has 0 radical (unpaired) electrons. The average Bonchev–Trinajstić information content (AvgIpc) is 2.56. The van der Waals surface area contributed by atoms with E-state index in [-0.39, 0.29) is 16.9 Å². The highest BCUT2D eigenvalue weighted by Gasteiger charge is 2.16. The van der Waals surface area contributed by atoms with Crippen molar-refractivity contribution in [1.29, 1.82) is 0 Å². The largest absolute Gasteiger partial charge is 0.397 e. The van der Waals surface area contributed by atoms with Crippen molar-refractivity contribution < 1.29 is 9.72 Å². The number of carbonyl (C=O) groups excluding carboxylic acids is 1. The predicted molar refractivity (Wildman–Crippen MR) is 93.3 cm³/mol. The van der Waals surface area contributed by atoms with E-state index in [1.807, 2.05) is 0 Å². The number of nitrogen functional groups attached to an aromatic ring is 1. The molecule has 2 aromatic rings. The van der Waals surface area contributed by atoms with E-state index < -0.39 is 10.8 Å². The normalized spacial score (nSPS) is 11.2. The molecule has 0 atom stereocenters. The number of para-hydroxylation sites is 1. The molecule has 0 heterocycles. The van der Waals surface area contributed by atoms with Crippen LogP contribution in [0.3, 0.4) is 0 Å². The van der Waals surface area contributed by atoms with Crippen LogP contribution in [-0.4, -0.2) is 28.6 Å². The highest BCUT2D eigenvalue weighted by atomic mass is 35.5. The lowest BCUT2D eigenvalue weighted by atomic mass is 10.1. The molecule has 0 saturated heterocycles. The molecule has 24 heavy (non-hydrogen) atoms. The van der Waals surface area contributed by atoms with Crippen molar-refractivity contribution in [3.63, 3.8) is 0 Å². The van der Waals surface area contributed by atoms with Crippen LogP contribution in [0.15, 0.2) is 47.6 Å². The molecular formula is C16H15ClN4O3. The third-order valence-electron chi connectivity index (χ3n) is 3.37. The van der Waals surface area contributed by atoms with E-state index in [4.69, 9.17) is 17.3 Å². The second-order valence-electron chi connectivity index (χ2n) is 5.02. The fourth-order valence-corrected chi connectivity index (χ4v) is 2.22. The fourth-order valence-electron chi connectivity index (χ4n) is 2.05. The van der Waals surface area contributed by atoms with Gasteiger partial charge in [-0.1, -0.05) is 17.7 Å². The van der Waals surface area contributed by atoms with Gasteiger partial charge in [0.25, 0.3) is 11.6 Å². The zero-order chi connectivity index (χ0) is 17.9. The Hall–Kier alpha value is -2.93. The van der Waals surface area contributed by atoms with Gasteiger partial charge in [0.05, 0.1) is 26.9 Å². The van der Waals surface area contributed by atoms with Crippen molar-refractivity contribution in [3.8, 4) is 0 Å². The van der Waals surface area contributed by atoms with Gasteiger partial charge in [0.1, 0.15) is 0 Å². The predicted octanol–water partition coefficient (Wildman–Crippen LogP) is 3.33. The van der Waals surface area contributed by atoms with Crippen LogP contribution in [0.2, 0.25) is 5.02 Å². The maximum atomic E-state index is 12.4. The molecule has 2 rings (SSSR count). The van der Waals surface area contributed by atoms with Crippen LogP contribution in [0, 0.1) is 10.1 Å². The Morgan fingerprint density at radius 1 is 1.25 bits per heavy atom. The smallest absolute Gasteiger partial charge is 0.275 e. The standard InChI is InChI=1S/C16H15ClN4O3/c1-10(11-6-8-12(9-7-11)21(23)24)19-20(2)16(22)13-4-3-5-14(17)15(13)18/h3-9H,18H2,1-2H3/b19-10-. The van der Waals surface area contributed by atoms with E-state index >= 15 is 0 Å². The monoisotopic (exact) mass is 346 g/mol. The van der Waals surface area contributed by atoms with Crippen molar-refractivity contribution in [2.75, 3.05) is 12.8 Å².